The molecule has 0 spiro atoms. The fourth-order valence-electron chi connectivity index (χ4n) is 2.92. The van der Waals surface area contributed by atoms with Gasteiger partial charge in [0, 0.05) is 23.5 Å². The third-order valence-electron chi connectivity index (χ3n) is 4.28. The minimum absolute atomic E-state index is 0.000235. The average molecular weight is 369 g/mol. The molecule has 1 amide bonds. The van der Waals surface area contributed by atoms with Crippen LogP contribution in [0.4, 0.5) is 0 Å². The number of pyridine rings is 1. The van der Waals surface area contributed by atoms with Gasteiger partial charge in [-0.15, -0.1) is 0 Å². The van der Waals surface area contributed by atoms with Crippen LogP contribution >= 0.6 is 11.6 Å². The smallest absolute Gasteiger partial charge is 0.224 e. The molecule has 0 saturated carbocycles. The van der Waals surface area contributed by atoms with Gasteiger partial charge in [0.2, 0.25) is 5.91 Å². The summed E-state index contributed by atoms with van der Waals surface area (Å²) in [6, 6.07) is 13.1. The number of carbonyl (C=O) groups excluding carboxylic acids is 1. The third-order valence-corrected chi connectivity index (χ3v) is 4.53. The van der Waals surface area contributed by atoms with Gasteiger partial charge >= 0.3 is 0 Å². The lowest BCUT2D eigenvalue weighted by molar-refractivity contribution is -0.120. The van der Waals surface area contributed by atoms with Crippen molar-refractivity contribution in [1.29, 1.82) is 0 Å². The first kappa shape index (κ1) is 18.1. The molecule has 0 unspecified atom stereocenters. The van der Waals surface area contributed by atoms with Crippen LogP contribution in [0.15, 0.2) is 48.7 Å². The molecule has 2 heterocycles. The second-order valence-corrected chi connectivity index (χ2v) is 6.59. The number of nitrogens with one attached hydrogen (secondary N) is 1. The predicted molar refractivity (Wildman–Crippen MR) is 103 cm³/mol. The van der Waals surface area contributed by atoms with Gasteiger partial charge in [0.05, 0.1) is 12.1 Å². The molecular weight excluding hydrogens is 348 g/mol. The van der Waals surface area contributed by atoms with Crippen LogP contribution in [0, 0.1) is 13.8 Å². The van der Waals surface area contributed by atoms with E-state index in [1.165, 1.54) is 0 Å². The number of amides is 1. The monoisotopic (exact) mass is 368 g/mol. The van der Waals surface area contributed by atoms with E-state index in [0.717, 1.165) is 34.8 Å². The van der Waals surface area contributed by atoms with Crippen molar-refractivity contribution in [2.24, 2.45) is 0 Å². The van der Waals surface area contributed by atoms with Gasteiger partial charge in [0.15, 0.2) is 5.82 Å². The number of halogens is 1. The van der Waals surface area contributed by atoms with Crippen molar-refractivity contribution in [3.8, 4) is 5.82 Å². The summed E-state index contributed by atoms with van der Waals surface area (Å²) in [4.78, 5) is 16.5. The number of benzene rings is 1. The van der Waals surface area contributed by atoms with E-state index in [0.29, 0.717) is 18.0 Å². The highest BCUT2D eigenvalue weighted by Crippen LogP contribution is 2.17. The van der Waals surface area contributed by atoms with Crippen molar-refractivity contribution in [1.82, 2.24) is 20.1 Å². The Kier molecular flexibility index (Phi) is 5.68. The van der Waals surface area contributed by atoms with Crippen molar-refractivity contribution in [2.75, 3.05) is 6.54 Å². The summed E-state index contributed by atoms with van der Waals surface area (Å²) in [5, 5.41) is 8.23. The molecule has 26 heavy (non-hydrogen) atoms. The zero-order chi connectivity index (χ0) is 18.5. The van der Waals surface area contributed by atoms with Crippen LogP contribution in [0.25, 0.3) is 5.82 Å². The van der Waals surface area contributed by atoms with E-state index in [-0.39, 0.29) is 5.91 Å². The SMILES string of the molecule is Cc1nn(-c2ccccn2)c(C)c1CCNC(=O)Cc1ccc(Cl)cc1. The molecule has 5 nitrogen and oxygen atoms in total. The van der Waals surface area contributed by atoms with E-state index >= 15 is 0 Å². The first-order valence-corrected chi connectivity index (χ1v) is 8.90. The molecule has 0 aliphatic rings. The van der Waals surface area contributed by atoms with E-state index < -0.39 is 0 Å². The quantitative estimate of drug-likeness (QED) is 0.725. The van der Waals surface area contributed by atoms with Gasteiger partial charge in [-0.2, -0.15) is 5.10 Å². The summed E-state index contributed by atoms with van der Waals surface area (Å²) in [6.07, 6.45) is 2.83. The second kappa shape index (κ2) is 8.15. The van der Waals surface area contributed by atoms with Crippen molar-refractivity contribution >= 4 is 17.5 Å². The molecule has 1 aromatic carbocycles. The van der Waals surface area contributed by atoms with Gasteiger partial charge in [-0.1, -0.05) is 29.8 Å². The maximum atomic E-state index is 12.1. The number of nitrogens with zero attached hydrogens (tertiary/aromatic N) is 3. The normalized spacial score (nSPS) is 10.7. The molecule has 3 aromatic rings. The van der Waals surface area contributed by atoms with Gasteiger partial charge in [-0.25, -0.2) is 9.67 Å². The molecule has 6 heteroatoms. The van der Waals surface area contributed by atoms with Crippen LogP contribution in [-0.2, 0) is 17.6 Å². The van der Waals surface area contributed by atoms with Gasteiger partial charge in [0.1, 0.15) is 0 Å². The van der Waals surface area contributed by atoms with Crippen LogP contribution in [0.2, 0.25) is 5.02 Å². The lowest BCUT2D eigenvalue weighted by Crippen LogP contribution is -2.27. The van der Waals surface area contributed by atoms with Crippen molar-refractivity contribution in [3.05, 3.63) is 76.2 Å². The van der Waals surface area contributed by atoms with Gasteiger partial charge in [0.25, 0.3) is 0 Å². The number of aryl methyl sites for hydroxylation is 1. The minimum Gasteiger partial charge on any atom is -0.355 e. The molecule has 0 saturated heterocycles. The molecule has 134 valence electrons. The lowest BCUT2D eigenvalue weighted by Gasteiger charge is -2.07. The summed E-state index contributed by atoms with van der Waals surface area (Å²) >= 11 is 5.86. The van der Waals surface area contributed by atoms with E-state index in [2.05, 4.69) is 15.4 Å². The van der Waals surface area contributed by atoms with Gasteiger partial charge in [-0.05, 0) is 55.7 Å². The topological polar surface area (TPSA) is 59.8 Å². The Morgan fingerprint density at radius 3 is 2.62 bits per heavy atom. The van der Waals surface area contributed by atoms with Crippen molar-refractivity contribution < 1.29 is 4.79 Å². The van der Waals surface area contributed by atoms with Crippen LogP contribution < -0.4 is 5.32 Å². The Hall–Kier alpha value is -2.66. The van der Waals surface area contributed by atoms with E-state index in [1.54, 1.807) is 18.3 Å². The lowest BCUT2D eigenvalue weighted by atomic mass is 10.1. The summed E-state index contributed by atoms with van der Waals surface area (Å²) < 4.78 is 1.85. The Balaban J connectivity index is 1.59. The zero-order valence-electron chi connectivity index (χ0n) is 14.9. The van der Waals surface area contributed by atoms with Crippen LogP contribution in [-0.4, -0.2) is 27.2 Å². The first-order chi connectivity index (χ1) is 12.5. The van der Waals surface area contributed by atoms with E-state index in [1.807, 2.05) is 48.9 Å². The zero-order valence-corrected chi connectivity index (χ0v) is 15.6. The minimum atomic E-state index is -0.000235. The highest BCUT2D eigenvalue weighted by Gasteiger charge is 2.13. The summed E-state index contributed by atoms with van der Waals surface area (Å²) in [5.74, 6) is 0.797. The van der Waals surface area contributed by atoms with Crippen molar-refractivity contribution in [3.63, 3.8) is 0 Å². The van der Waals surface area contributed by atoms with Crippen molar-refractivity contribution in [2.45, 2.75) is 26.7 Å². The molecule has 0 radical (unpaired) electrons. The van der Waals surface area contributed by atoms with Crippen LogP contribution in [0.5, 0.6) is 0 Å². The molecule has 0 fully saturated rings. The first-order valence-electron chi connectivity index (χ1n) is 8.52. The molecule has 2 aromatic heterocycles. The number of rotatable bonds is 6. The maximum absolute atomic E-state index is 12.1. The third kappa shape index (κ3) is 4.29. The van der Waals surface area contributed by atoms with Crippen LogP contribution in [0.1, 0.15) is 22.5 Å². The Bertz CT molecular complexity index is 888. The number of hydrogen-bond acceptors (Lipinski definition) is 3. The molecule has 0 aliphatic carbocycles. The molecular formula is C20H21ClN4O. The van der Waals surface area contributed by atoms with Gasteiger partial charge in [-0.3, -0.25) is 4.79 Å². The molecule has 0 atom stereocenters. The second-order valence-electron chi connectivity index (χ2n) is 6.15. The number of carbonyl (C=O) groups is 1. The number of hydrogen-bond donors (Lipinski definition) is 1. The maximum Gasteiger partial charge on any atom is 0.224 e. The fraction of sp³-hybridized carbons (Fsp3) is 0.250. The Morgan fingerprint density at radius 1 is 1.15 bits per heavy atom. The highest BCUT2D eigenvalue weighted by atomic mass is 35.5. The summed E-state index contributed by atoms with van der Waals surface area (Å²) in [7, 11) is 0. The number of aromatic nitrogens is 3. The highest BCUT2D eigenvalue weighted by molar-refractivity contribution is 6.30. The standard InChI is InChI=1S/C20H21ClN4O/c1-14-18(15(2)25(24-14)19-5-3-4-11-22-19)10-12-23-20(26)13-16-6-8-17(21)9-7-16/h3-9,11H,10,12-13H2,1-2H3,(H,23,26). The predicted octanol–water partition coefficient (Wildman–Crippen LogP) is 3.44. The Labute approximate surface area is 158 Å². The van der Waals surface area contributed by atoms with E-state index in [4.69, 9.17) is 11.6 Å². The molecule has 0 bridgehead atoms. The molecule has 1 N–H and O–H groups in total. The average Bonchev–Trinajstić information content (AvgIpc) is 2.92. The van der Waals surface area contributed by atoms with Gasteiger partial charge < -0.3 is 5.32 Å². The Morgan fingerprint density at radius 2 is 1.92 bits per heavy atom. The molecule has 3 rings (SSSR count). The summed E-state index contributed by atoms with van der Waals surface area (Å²) in [6.45, 7) is 4.58. The van der Waals surface area contributed by atoms with E-state index in [9.17, 15) is 4.79 Å². The summed E-state index contributed by atoms with van der Waals surface area (Å²) in [5.41, 5.74) is 4.10. The molecule has 0 aliphatic heterocycles. The van der Waals surface area contributed by atoms with Crippen LogP contribution in [0.3, 0.4) is 0 Å². The fourth-order valence-corrected chi connectivity index (χ4v) is 3.04. The largest absolute Gasteiger partial charge is 0.355 e.